The average molecular weight is 381 g/mol. The molecule has 0 bridgehead atoms. The van der Waals surface area contributed by atoms with Crippen molar-refractivity contribution in [1.82, 2.24) is 14.8 Å². The summed E-state index contributed by atoms with van der Waals surface area (Å²) in [7, 11) is 0. The van der Waals surface area contributed by atoms with E-state index >= 15 is 0 Å². The van der Waals surface area contributed by atoms with Gasteiger partial charge in [0.25, 0.3) is 0 Å². The second-order valence-electron chi connectivity index (χ2n) is 6.80. The lowest BCUT2D eigenvalue weighted by Crippen LogP contribution is -2.44. The molecule has 1 aliphatic heterocycles. The number of fused-ring (bicyclic) bond motifs is 1. The van der Waals surface area contributed by atoms with Crippen LogP contribution in [0.25, 0.3) is 11.1 Å². The van der Waals surface area contributed by atoms with Crippen LogP contribution in [0.4, 0.5) is 0 Å². The number of carbonyl (C=O) groups is 1. The monoisotopic (exact) mass is 381 g/mol. The topological polar surface area (TPSA) is 76.7 Å². The second-order valence-corrected chi connectivity index (χ2v) is 6.80. The van der Waals surface area contributed by atoms with Crippen LogP contribution < -0.4 is 11.1 Å². The number of oxazole rings is 1. The minimum absolute atomic E-state index is 0.0619. The molecule has 3 aromatic rings. The van der Waals surface area contributed by atoms with Crippen molar-refractivity contribution < 1.29 is 13.9 Å². The quantitative estimate of drug-likeness (QED) is 0.704. The summed E-state index contributed by atoms with van der Waals surface area (Å²) in [5, 5.41) is 2.99. The highest BCUT2D eigenvalue weighted by Gasteiger charge is 2.23. The van der Waals surface area contributed by atoms with Gasteiger partial charge >= 0.3 is 5.76 Å². The molecule has 7 nitrogen and oxygen atoms in total. The van der Waals surface area contributed by atoms with E-state index < -0.39 is 5.76 Å². The molecule has 2 aromatic carbocycles. The number of benzene rings is 2. The molecule has 0 aliphatic carbocycles. The molecule has 0 saturated carbocycles. The largest absolute Gasteiger partial charge is 0.420 e. The van der Waals surface area contributed by atoms with Crippen LogP contribution in [-0.2, 0) is 16.1 Å². The number of ether oxygens (including phenoxy) is 1. The van der Waals surface area contributed by atoms with Crippen molar-refractivity contribution in [3.63, 3.8) is 0 Å². The highest BCUT2D eigenvalue weighted by molar-refractivity contribution is 5.79. The number of hydrogen-bond acceptors (Lipinski definition) is 5. The molecule has 1 saturated heterocycles. The molecule has 0 radical (unpaired) electrons. The van der Waals surface area contributed by atoms with Crippen LogP contribution in [-0.4, -0.2) is 48.2 Å². The van der Waals surface area contributed by atoms with Gasteiger partial charge in [-0.1, -0.05) is 42.5 Å². The molecule has 7 heteroatoms. The fraction of sp³-hybridized carbons (Fsp3) is 0.333. The maximum absolute atomic E-state index is 12.6. The molecule has 0 spiro atoms. The molecule has 1 unspecified atom stereocenters. The molecule has 1 amide bonds. The van der Waals surface area contributed by atoms with E-state index in [1.165, 1.54) is 4.57 Å². The van der Waals surface area contributed by atoms with Crippen LogP contribution in [0.5, 0.6) is 0 Å². The number of hydrogen-bond donors (Lipinski definition) is 1. The van der Waals surface area contributed by atoms with Crippen molar-refractivity contribution in [3.8, 4) is 0 Å². The molecule has 1 aliphatic rings. The normalized spacial score (nSPS) is 16.1. The van der Waals surface area contributed by atoms with E-state index in [4.69, 9.17) is 9.15 Å². The summed E-state index contributed by atoms with van der Waals surface area (Å²) in [6, 6.07) is 17.3. The van der Waals surface area contributed by atoms with Gasteiger partial charge in [-0.2, -0.15) is 0 Å². The van der Waals surface area contributed by atoms with Crippen molar-refractivity contribution in [3.05, 3.63) is 70.7 Å². The van der Waals surface area contributed by atoms with Crippen molar-refractivity contribution in [2.45, 2.75) is 12.6 Å². The van der Waals surface area contributed by atoms with Gasteiger partial charge in [0.2, 0.25) is 5.91 Å². The van der Waals surface area contributed by atoms with Crippen molar-refractivity contribution in [2.24, 2.45) is 0 Å². The van der Waals surface area contributed by atoms with E-state index in [1.54, 1.807) is 18.2 Å². The van der Waals surface area contributed by atoms with Gasteiger partial charge < -0.3 is 14.5 Å². The van der Waals surface area contributed by atoms with Crippen LogP contribution >= 0.6 is 0 Å². The second kappa shape index (κ2) is 8.41. The van der Waals surface area contributed by atoms with E-state index in [0.717, 1.165) is 18.7 Å². The molecule has 28 heavy (non-hydrogen) atoms. The Labute approximate surface area is 162 Å². The molecule has 1 atom stereocenters. The standard InChI is InChI=1S/C21H23N3O4/c25-20(15-24-17-8-4-5-9-19(17)28-21(24)26)22-14-18(16-6-2-1-3-7-16)23-10-12-27-13-11-23/h1-9,18H,10-15H2,(H,22,25). The van der Waals surface area contributed by atoms with Gasteiger partial charge in [-0.15, -0.1) is 0 Å². The van der Waals surface area contributed by atoms with Gasteiger partial charge in [0, 0.05) is 19.6 Å². The van der Waals surface area contributed by atoms with Crippen LogP contribution in [0.2, 0.25) is 0 Å². The third kappa shape index (κ3) is 4.00. The Bertz CT molecular complexity index is 990. The number of aromatic nitrogens is 1. The first kappa shape index (κ1) is 18.5. The summed E-state index contributed by atoms with van der Waals surface area (Å²) in [5.41, 5.74) is 2.25. The first-order valence-electron chi connectivity index (χ1n) is 9.44. The zero-order valence-corrected chi connectivity index (χ0v) is 15.5. The zero-order valence-electron chi connectivity index (χ0n) is 15.5. The van der Waals surface area contributed by atoms with E-state index in [2.05, 4.69) is 22.3 Å². The molecule has 4 rings (SSSR count). The lowest BCUT2D eigenvalue weighted by Gasteiger charge is -2.35. The third-order valence-electron chi connectivity index (χ3n) is 5.04. The van der Waals surface area contributed by atoms with Gasteiger partial charge in [-0.3, -0.25) is 14.3 Å². The number of carbonyl (C=O) groups excluding carboxylic acids is 1. The lowest BCUT2D eigenvalue weighted by molar-refractivity contribution is -0.122. The van der Waals surface area contributed by atoms with Crippen molar-refractivity contribution in [2.75, 3.05) is 32.8 Å². The molecule has 1 N–H and O–H groups in total. The Morgan fingerprint density at radius 3 is 2.54 bits per heavy atom. The van der Waals surface area contributed by atoms with E-state index in [0.29, 0.717) is 30.9 Å². The van der Waals surface area contributed by atoms with Crippen molar-refractivity contribution >= 4 is 17.0 Å². The Kier molecular flexibility index (Phi) is 5.55. The smallest absolute Gasteiger partial charge is 0.408 e. The maximum atomic E-state index is 12.6. The SMILES string of the molecule is O=C(Cn1c(=O)oc2ccccc21)NCC(c1ccccc1)N1CCOCC1. The van der Waals surface area contributed by atoms with E-state index in [9.17, 15) is 9.59 Å². The highest BCUT2D eigenvalue weighted by Crippen LogP contribution is 2.21. The number of para-hydroxylation sites is 2. The van der Waals surface area contributed by atoms with Gasteiger partial charge in [-0.05, 0) is 17.7 Å². The van der Waals surface area contributed by atoms with Crippen molar-refractivity contribution in [1.29, 1.82) is 0 Å². The summed E-state index contributed by atoms with van der Waals surface area (Å²) in [5.74, 6) is -0.744. The molecular weight excluding hydrogens is 358 g/mol. The molecular formula is C21H23N3O4. The molecule has 1 aromatic heterocycles. The van der Waals surface area contributed by atoms with Crippen LogP contribution in [0.15, 0.2) is 63.8 Å². The summed E-state index contributed by atoms with van der Waals surface area (Å²) in [6.45, 7) is 3.41. The third-order valence-corrected chi connectivity index (χ3v) is 5.04. The predicted molar refractivity (Wildman–Crippen MR) is 105 cm³/mol. The van der Waals surface area contributed by atoms with Crippen LogP contribution in [0.1, 0.15) is 11.6 Å². The van der Waals surface area contributed by atoms with Gasteiger partial charge in [0.15, 0.2) is 5.58 Å². The summed E-state index contributed by atoms with van der Waals surface area (Å²) in [4.78, 5) is 27.0. The van der Waals surface area contributed by atoms with Crippen LogP contribution in [0, 0.1) is 0 Å². The molecule has 1 fully saturated rings. The number of nitrogens with one attached hydrogen (secondary N) is 1. The Hall–Kier alpha value is -2.90. The highest BCUT2D eigenvalue weighted by atomic mass is 16.5. The van der Waals surface area contributed by atoms with Crippen LogP contribution in [0.3, 0.4) is 0 Å². The lowest BCUT2D eigenvalue weighted by atomic mass is 10.0. The Balaban J connectivity index is 1.46. The Morgan fingerprint density at radius 1 is 1.04 bits per heavy atom. The summed E-state index contributed by atoms with van der Waals surface area (Å²) in [6.07, 6.45) is 0. The minimum Gasteiger partial charge on any atom is -0.408 e. The predicted octanol–water partition coefficient (Wildman–Crippen LogP) is 1.78. The van der Waals surface area contributed by atoms with E-state index in [-0.39, 0.29) is 18.5 Å². The Morgan fingerprint density at radius 2 is 1.75 bits per heavy atom. The number of rotatable bonds is 6. The first-order chi connectivity index (χ1) is 13.7. The summed E-state index contributed by atoms with van der Waals surface area (Å²) < 4.78 is 12.0. The molecule has 146 valence electrons. The molecule has 2 heterocycles. The summed E-state index contributed by atoms with van der Waals surface area (Å²) >= 11 is 0. The van der Waals surface area contributed by atoms with E-state index in [1.807, 2.05) is 24.3 Å². The fourth-order valence-corrected chi connectivity index (χ4v) is 3.60. The minimum atomic E-state index is -0.524. The average Bonchev–Trinajstić information content (AvgIpc) is 3.05. The number of amides is 1. The van der Waals surface area contributed by atoms with Gasteiger partial charge in [-0.25, -0.2) is 4.79 Å². The number of nitrogens with zero attached hydrogens (tertiary/aromatic N) is 2. The number of morpholine rings is 1. The van der Waals surface area contributed by atoms with Gasteiger partial charge in [0.1, 0.15) is 6.54 Å². The fourth-order valence-electron chi connectivity index (χ4n) is 3.60. The maximum Gasteiger partial charge on any atom is 0.420 e. The van der Waals surface area contributed by atoms with Gasteiger partial charge in [0.05, 0.1) is 24.8 Å². The first-order valence-corrected chi connectivity index (χ1v) is 9.44. The zero-order chi connectivity index (χ0) is 19.3.